The smallest absolute Gasteiger partial charge is 0.269 e. The molecule has 4 aromatic carbocycles. The molecule has 0 spiro atoms. The van der Waals surface area contributed by atoms with E-state index in [4.69, 9.17) is 12.2 Å². The Morgan fingerprint density at radius 1 is 1.02 bits per heavy atom. The number of amides is 1. The maximum Gasteiger partial charge on any atom is 0.269 e. The number of carbonyl (C=O) groups is 1. The van der Waals surface area contributed by atoms with Crippen molar-refractivity contribution in [3.05, 3.63) is 136 Å². The highest BCUT2D eigenvalue weighted by Gasteiger charge is 2.15. The average molecular weight is 597 g/mol. The predicted molar refractivity (Wildman–Crippen MR) is 168 cm³/mol. The zero-order chi connectivity index (χ0) is 30.2. The highest BCUT2D eigenvalue weighted by atomic mass is 32.1. The van der Waals surface area contributed by atoms with Gasteiger partial charge in [-0.2, -0.15) is 0 Å². The number of imidazole rings is 1. The molecule has 1 amide bonds. The number of halogens is 1. The third-order valence-electron chi connectivity index (χ3n) is 6.95. The lowest BCUT2D eigenvalue weighted by Crippen LogP contribution is -2.40. The molecule has 0 radical (unpaired) electrons. The molecule has 0 saturated heterocycles. The Morgan fingerprint density at radius 2 is 1.79 bits per heavy atom. The molecule has 11 heteroatoms. The minimum Gasteiger partial charge on any atom is -0.354 e. The van der Waals surface area contributed by atoms with Gasteiger partial charge in [-0.25, -0.2) is 9.37 Å². The normalized spacial score (nSPS) is 10.8. The second kappa shape index (κ2) is 13.7. The second-order valence-corrected chi connectivity index (χ2v) is 10.4. The molecule has 0 aliphatic rings. The number of anilines is 1. The van der Waals surface area contributed by atoms with Crippen molar-refractivity contribution in [2.45, 2.75) is 19.5 Å². The van der Waals surface area contributed by atoms with Gasteiger partial charge in [-0.3, -0.25) is 14.9 Å². The molecule has 0 aliphatic carbocycles. The number of nitrogens with one attached hydrogen (secondary N) is 2. The lowest BCUT2D eigenvalue weighted by Gasteiger charge is -2.27. The number of nitro benzene ring substituents is 1. The number of aromatic nitrogens is 2. The number of carbonyl (C=O) groups excluding carboxylic acids is 1. The zero-order valence-electron chi connectivity index (χ0n) is 23.2. The molecule has 0 fully saturated rings. The van der Waals surface area contributed by atoms with Gasteiger partial charge in [0.05, 0.1) is 17.7 Å². The Hall–Kier alpha value is -5.16. The third kappa shape index (κ3) is 7.77. The number of benzene rings is 4. The highest BCUT2D eigenvalue weighted by molar-refractivity contribution is 7.80. The van der Waals surface area contributed by atoms with Crippen molar-refractivity contribution in [1.29, 1.82) is 0 Å². The van der Waals surface area contributed by atoms with Crippen molar-refractivity contribution < 1.29 is 14.1 Å². The number of nitro groups is 1. The first-order valence-electron chi connectivity index (χ1n) is 13.6. The van der Waals surface area contributed by atoms with Crippen LogP contribution in [0.4, 0.5) is 15.8 Å². The van der Waals surface area contributed by atoms with Gasteiger partial charge in [0.1, 0.15) is 5.82 Å². The van der Waals surface area contributed by atoms with E-state index in [2.05, 4.69) is 33.8 Å². The van der Waals surface area contributed by atoms with Gasteiger partial charge in [-0.1, -0.05) is 60.7 Å². The molecule has 5 rings (SSSR count). The van der Waals surface area contributed by atoms with E-state index >= 15 is 0 Å². The number of hydrogen-bond acceptors (Lipinski definition) is 5. The summed E-state index contributed by atoms with van der Waals surface area (Å²) >= 11 is 5.73. The van der Waals surface area contributed by atoms with Crippen LogP contribution >= 0.6 is 12.2 Å². The third-order valence-corrected chi connectivity index (χ3v) is 7.31. The Balaban J connectivity index is 1.23. The molecule has 2 N–H and O–H groups in total. The van der Waals surface area contributed by atoms with Crippen molar-refractivity contribution in [3.63, 3.8) is 0 Å². The van der Waals surface area contributed by atoms with Crippen LogP contribution in [0.5, 0.6) is 0 Å². The molecule has 43 heavy (non-hydrogen) atoms. The van der Waals surface area contributed by atoms with Crippen LogP contribution in [0.3, 0.4) is 0 Å². The standard InChI is InChI=1S/C32H29FN6O3S/c33-26-8-4-9-27(17-26)36-32(43)37(21-25-7-3-6-24-5-1-2-10-30(24)25)16-15-35-31(40)18-29-19-34-22-38(29)20-23-11-13-28(14-12-23)39(41)42/h1-14,17,19,22H,15-16,18,20-21H2,(H,35,40)(H,36,43). The van der Waals surface area contributed by atoms with E-state index in [1.807, 2.05) is 33.7 Å². The SMILES string of the molecule is O=C(Cc1cncn1Cc1ccc([N+](=O)[O-])cc1)NCCN(Cc1cccc2ccccc12)C(=S)Nc1cccc(F)c1. The topological polar surface area (TPSA) is 105 Å². The fraction of sp³-hybridized carbons (Fsp3) is 0.156. The Kier molecular flexibility index (Phi) is 9.33. The summed E-state index contributed by atoms with van der Waals surface area (Å²) in [7, 11) is 0. The summed E-state index contributed by atoms with van der Waals surface area (Å²) in [6, 6.07) is 26.6. The van der Waals surface area contributed by atoms with Crippen molar-refractivity contribution in [2.24, 2.45) is 0 Å². The number of hydrogen-bond donors (Lipinski definition) is 2. The summed E-state index contributed by atoms with van der Waals surface area (Å²) in [4.78, 5) is 29.5. The van der Waals surface area contributed by atoms with Crippen LogP contribution in [0.2, 0.25) is 0 Å². The highest BCUT2D eigenvalue weighted by Crippen LogP contribution is 2.21. The molecule has 218 valence electrons. The van der Waals surface area contributed by atoms with Crippen LogP contribution in [0.25, 0.3) is 10.8 Å². The summed E-state index contributed by atoms with van der Waals surface area (Å²) in [5.41, 5.74) is 3.20. The molecular weight excluding hydrogens is 567 g/mol. The molecule has 5 aromatic rings. The number of non-ortho nitro benzene ring substituents is 1. The molecule has 1 aromatic heterocycles. The summed E-state index contributed by atoms with van der Waals surface area (Å²) in [5.74, 6) is -0.548. The minimum absolute atomic E-state index is 0.0223. The maximum absolute atomic E-state index is 13.8. The molecule has 9 nitrogen and oxygen atoms in total. The predicted octanol–water partition coefficient (Wildman–Crippen LogP) is 5.69. The van der Waals surface area contributed by atoms with Gasteiger partial charge < -0.3 is 20.1 Å². The summed E-state index contributed by atoms with van der Waals surface area (Å²) < 4.78 is 15.6. The summed E-state index contributed by atoms with van der Waals surface area (Å²) in [5, 5.41) is 19.6. The fourth-order valence-corrected chi connectivity index (χ4v) is 5.05. The van der Waals surface area contributed by atoms with E-state index in [1.54, 1.807) is 36.8 Å². The lowest BCUT2D eigenvalue weighted by atomic mass is 10.0. The number of fused-ring (bicyclic) bond motifs is 1. The zero-order valence-corrected chi connectivity index (χ0v) is 24.0. The van der Waals surface area contributed by atoms with E-state index in [0.29, 0.717) is 42.7 Å². The van der Waals surface area contributed by atoms with Crippen LogP contribution in [-0.4, -0.2) is 43.5 Å². The largest absolute Gasteiger partial charge is 0.354 e. The van der Waals surface area contributed by atoms with Crippen LogP contribution in [0.15, 0.2) is 104 Å². The van der Waals surface area contributed by atoms with Gasteiger partial charge in [-0.05, 0) is 52.3 Å². The van der Waals surface area contributed by atoms with Crippen LogP contribution in [0, 0.1) is 15.9 Å². The first-order valence-corrected chi connectivity index (χ1v) is 14.0. The first-order chi connectivity index (χ1) is 20.9. The number of rotatable bonds is 11. The van der Waals surface area contributed by atoms with Gasteiger partial charge in [0.25, 0.3) is 5.69 Å². The Bertz CT molecular complexity index is 1750. The van der Waals surface area contributed by atoms with E-state index < -0.39 is 4.92 Å². The van der Waals surface area contributed by atoms with Gasteiger partial charge in [-0.15, -0.1) is 0 Å². The van der Waals surface area contributed by atoms with Crippen molar-refractivity contribution in [1.82, 2.24) is 19.8 Å². The molecule has 0 aliphatic heterocycles. The van der Waals surface area contributed by atoms with Crippen LogP contribution in [-0.2, 0) is 24.3 Å². The summed E-state index contributed by atoms with van der Waals surface area (Å²) in [6.45, 7) is 1.66. The molecule has 1 heterocycles. The fourth-order valence-electron chi connectivity index (χ4n) is 4.77. The van der Waals surface area contributed by atoms with Gasteiger partial charge >= 0.3 is 0 Å². The molecule has 0 bridgehead atoms. The van der Waals surface area contributed by atoms with E-state index in [-0.39, 0.29) is 23.8 Å². The van der Waals surface area contributed by atoms with Gasteiger partial charge in [0, 0.05) is 55.9 Å². The molecule has 0 unspecified atom stereocenters. The van der Waals surface area contributed by atoms with Crippen molar-refractivity contribution in [2.75, 3.05) is 18.4 Å². The minimum atomic E-state index is -0.440. The van der Waals surface area contributed by atoms with Gasteiger partial charge in [0.15, 0.2) is 5.11 Å². The Morgan fingerprint density at radius 3 is 2.58 bits per heavy atom. The Labute approximate surface area is 253 Å². The number of nitrogens with zero attached hydrogens (tertiary/aromatic N) is 4. The lowest BCUT2D eigenvalue weighted by molar-refractivity contribution is -0.384. The van der Waals surface area contributed by atoms with E-state index in [9.17, 15) is 19.3 Å². The average Bonchev–Trinajstić information content (AvgIpc) is 3.43. The molecule has 0 atom stereocenters. The van der Waals surface area contributed by atoms with Crippen LogP contribution < -0.4 is 10.6 Å². The summed E-state index contributed by atoms with van der Waals surface area (Å²) in [6.07, 6.45) is 3.38. The number of thiocarbonyl (C=S) groups is 1. The van der Waals surface area contributed by atoms with Crippen molar-refractivity contribution in [3.8, 4) is 0 Å². The van der Waals surface area contributed by atoms with Crippen molar-refractivity contribution >= 4 is 45.4 Å². The quantitative estimate of drug-likeness (QED) is 0.115. The molecular formula is C32H29FN6O3S. The molecule has 0 saturated carbocycles. The van der Waals surface area contributed by atoms with Crippen LogP contribution in [0.1, 0.15) is 16.8 Å². The van der Waals surface area contributed by atoms with Gasteiger partial charge in [0.2, 0.25) is 5.91 Å². The second-order valence-electron chi connectivity index (χ2n) is 9.96. The maximum atomic E-state index is 13.8. The van der Waals surface area contributed by atoms with E-state index in [0.717, 1.165) is 21.9 Å². The monoisotopic (exact) mass is 596 g/mol. The van der Waals surface area contributed by atoms with E-state index in [1.165, 1.54) is 24.3 Å². The first kappa shape index (κ1) is 29.3.